The highest BCUT2D eigenvalue weighted by Crippen LogP contribution is 2.23. The summed E-state index contributed by atoms with van der Waals surface area (Å²) in [5, 5.41) is 3.63. The molecule has 0 aliphatic heterocycles. The van der Waals surface area contributed by atoms with E-state index in [4.69, 9.17) is 4.74 Å². The van der Waals surface area contributed by atoms with Crippen molar-refractivity contribution in [1.82, 2.24) is 10.2 Å². The first-order chi connectivity index (χ1) is 10.0. The first kappa shape index (κ1) is 18.0. The monoisotopic (exact) mass is 292 g/mol. The van der Waals surface area contributed by atoms with Crippen LogP contribution in [-0.2, 0) is 0 Å². The highest BCUT2D eigenvalue weighted by Gasteiger charge is 2.22. The van der Waals surface area contributed by atoms with Gasteiger partial charge in [-0.2, -0.15) is 0 Å². The molecular weight excluding hydrogens is 260 g/mol. The Bertz CT molecular complexity index is 391. The van der Waals surface area contributed by atoms with Gasteiger partial charge in [0.25, 0.3) is 0 Å². The van der Waals surface area contributed by atoms with E-state index in [0.29, 0.717) is 12.1 Å². The Labute approximate surface area is 130 Å². The minimum Gasteiger partial charge on any atom is -0.497 e. The second kappa shape index (κ2) is 9.06. The quantitative estimate of drug-likeness (QED) is 0.751. The molecule has 0 aliphatic rings. The van der Waals surface area contributed by atoms with Gasteiger partial charge in [0, 0.05) is 18.6 Å². The Hall–Kier alpha value is -1.06. The first-order valence-corrected chi connectivity index (χ1v) is 8.11. The van der Waals surface area contributed by atoms with E-state index >= 15 is 0 Å². The molecule has 0 aromatic heterocycles. The lowest BCUT2D eigenvalue weighted by atomic mass is 9.98. The third-order valence-corrected chi connectivity index (χ3v) is 4.37. The van der Waals surface area contributed by atoms with E-state index in [9.17, 15) is 0 Å². The fraction of sp³-hybridized carbons (Fsp3) is 0.667. The summed E-state index contributed by atoms with van der Waals surface area (Å²) >= 11 is 0. The second-order valence-electron chi connectivity index (χ2n) is 6.00. The molecule has 0 amide bonds. The van der Waals surface area contributed by atoms with Gasteiger partial charge in [-0.15, -0.1) is 0 Å². The molecule has 3 nitrogen and oxygen atoms in total. The molecule has 0 saturated heterocycles. The standard InChI is InChI=1S/C18H32N2O/c1-7-14(3)13-20(5)15(4)18(19-8-2)16-9-11-17(21-6)12-10-16/h9-12,14-15,18-19H,7-8,13H2,1-6H3. The van der Waals surface area contributed by atoms with E-state index < -0.39 is 0 Å². The van der Waals surface area contributed by atoms with E-state index in [1.807, 2.05) is 12.1 Å². The van der Waals surface area contributed by atoms with Gasteiger partial charge in [-0.3, -0.25) is 0 Å². The molecule has 0 saturated carbocycles. The van der Waals surface area contributed by atoms with E-state index in [0.717, 1.165) is 24.8 Å². The Kier molecular flexibility index (Phi) is 7.76. The summed E-state index contributed by atoms with van der Waals surface area (Å²) in [7, 11) is 3.93. The van der Waals surface area contributed by atoms with Crippen molar-refractivity contribution in [2.45, 2.75) is 46.2 Å². The van der Waals surface area contributed by atoms with E-state index in [1.165, 1.54) is 12.0 Å². The van der Waals surface area contributed by atoms with Crippen molar-refractivity contribution in [3.8, 4) is 5.75 Å². The van der Waals surface area contributed by atoms with Crippen LogP contribution in [0, 0.1) is 5.92 Å². The van der Waals surface area contributed by atoms with Crippen LogP contribution in [0.4, 0.5) is 0 Å². The van der Waals surface area contributed by atoms with Gasteiger partial charge >= 0.3 is 0 Å². The summed E-state index contributed by atoms with van der Waals surface area (Å²) in [5.41, 5.74) is 1.32. The molecule has 3 unspecified atom stereocenters. The van der Waals surface area contributed by atoms with Crippen molar-refractivity contribution in [3.63, 3.8) is 0 Å². The minimum absolute atomic E-state index is 0.343. The third kappa shape index (κ3) is 5.33. The predicted octanol–water partition coefficient (Wildman–Crippen LogP) is 3.71. The van der Waals surface area contributed by atoms with Crippen molar-refractivity contribution >= 4 is 0 Å². The van der Waals surface area contributed by atoms with Crippen LogP contribution in [0.15, 0.2) is 24.3 Å². The molecule has 120 valence electrons. The largest absolute Gasteiger partial charge is 0.497 e. The molecule has 1 N–H and O–H groups in total. The van der Waals surface area contributed by atoms with Crippen molar-refractivity contribution in [1.29, 1.82) is 0 Å². The molecule has 0 aliphatic carbocycles. The average molecular weight is 292 g/mol. The number of rotatable bonds is 9. The minimum atomic E-state index is 0.343. The SMILES string of the molecule is CCNC(c1ccc(OC)cc1)C(C)N(C)CC(C)CC. The molecule has 3 heteroatoms. The molecule has 21 heavy (non-hydrogen) atoms. The lowest BCUT2D eigenvalue weighted by molar-refractivity contribution is 0.182. The summed E-state index contributed by atoms with van der Waals surface area (Å²) in [6.07, 6.45) is 1.23. The topological polar surface area (TPSA) is 24.5 Å². The third-order valence-electron chi connectivity index (χ3n) is 4.37. The molecule has 0 heterocycles. The summed E-state index contributed by atoms with van der Waals surface area (Å²) in [6, 6.07) is 9.21. The Morgan fingerprint density at radius 3 is 2.24 bits per heavy atom. The van der Waals surface area contributed by atoms with Gasteiger partial charge in [0.15, 0.2) is 0 Å². The van der Waals surface area contributed by atoms with Crippen LogP contribution < -0.4 is 10.1 Å². The normalized spacial score (nSPS) is 15.8. The molecule has 1 rings (SSSR count). The lowest BCUT2D eigenvalue weighted by Crippen LogP contribution is -2.42. The maximum absolute atomic E-state index is 5.25. The Balaban J connectivity index is 2.83. The summed E-state index contributed by atoms with van der Waals surface area (Å²) in [5.74, 6) is 1.64. The Morgan fingerprint density at radius 1 is 1.14 bits per heavy atom. The van der Waals surface area contributed by atoms with Crippen molar-refractivity contribution in [3.05, 3.63) is 29.8 Å². The van der Waals surface area contributed by atoms with Gasteiger partial charge in [-0.1, -0.05) is 39.3 Å². The number of likely N-dealkylation sites (N-methyl/N-ethyl adjacent to an activating group) is 2. The van der Waals surface area contributed by atoms with Gasteiger partial charge in [-0.25, -0.2) is 0 Å². The summed E-state index contributed by atoms with van der Waals surface area (Å²) in [4.78, 5) is 2.46. The van der Waals surface area contributed by atoms with Crippen LogP contribution in [0.5, 0.6) is 5.75 Å². The number of benzene rings is 1. The number of hydrogen-bond donors (Lipinski definition) is 1. The van der Waals surface area contributed by atoms with E-state index in [2.05, 4.69) is 57.1 Å². The fourth-order valence-electron chi connectivity index (χ4n) is 2.64. The second-order valence-corrected chi connectivity index (χ2v) is 6.00. The lowest BCUT2D eigenvalue weighted by Gasteiger charge is -2.34. The Morgan fingerprint density at radius 2 is 1.76 bits per heavy atom. The van der Waals surface area contributed by atoms with Gasteiger partial charge in [-0.05, 0) is 44.1 Å². The van der Waals surface area contributed by atoms with Crippen molar-refractivity contribution < 1.29 is 4.74 Å². The number of hydrogen-bond acceptors (Lipinski definition) is 3. The molecule has 1 aromatic rings. The smallest absolute Gasteiger partial charge is 0.118 e. The summed E-state index contributed by atoms with van der Waals surface area (Å²) in [6.45, 7) is 11.2. The number of nitrogens with zero attached hydrogens (tertiary/aromatic N) is 1. The van der Waals surface area contributed by atoms with E-state index in [1.54, 1.807) is 7.11 Å². The molecule has 3 atom stereocenters. The van der Waals surface area contributed by atoms with Crippen molar-refractivity contribution in [2.24, 2.45) is 5.92 Å². The predicted molar refractivity (Wildman–Crippen MR) is 91.0 cm³/mol. The van der Waals surface area contributed by atoms with Gasteiger partial charge < -0.3 is 15.0 Å². The van der Waals surface area contributed by atoms with Gasteiger partial charge in [0.1, 0.15) is 5.75 Å². The molecule has 0 spiro atoms. The van der Waals surface area contributed by atoms with Gasteiger partial charge in [0.2, 0.25) is 0 Å². The average Bonchev–Trinajstić information content (AvgIpc) is 2.51. The maximum Gasteiger partial charge on any atom is 0.118 e. The number of methoxy groups -OCH3 is 1. The van der Waals surface area contributed by atoms with Crippen LogP contribution in [0.2, 0.25) is 0 Å². The zero-order valence-corrected chi connectivity index (χ0v) is 14.5. The van der Waals surface area contributed by atoms with Gasteiger partial charge in [0.05, 0.1) is 7.11 Å². The fourth-order valence-corrected chi connectivity index (χ4v) is 2.64. The van der Waals surface area contributed by atoms with Crippen LogP contribution in [0.25, 0.3) is 0 Å². The zero-order valence-electron chi connectivity index (χ0n) is 14.5. The van der Waals surface area contributed by atoms with Crippen LogP contribution in [0.1, 0.15) is 45.7 Å². The number of nitrogens with one attached hydrogen (secondary N) is 1. The summed E-state index contributed by atoms with van der Waals surface area (Å²) < 4.78 is 5.25. The molecular formula is C18H32N2O. The van der Waals surface area contributed by atoms with Crippen LogP contribution in [-0.4, -0.2) is 38.2 Å². The number of ether oxygens (including phenoxy) is 1. The van der Waals surface area contributed by atoms with Crippen molar-refractivity contribution in [2.75, 3.05) is 27.2 Å². The molecule has 0 fully saturated rings. The molecule has 0 radical (unpaired) electrons. The molecule has 0 bridgehead atoms. The maximum atomic E-state index is 5.25. The zero-order chi connectivity index (χ0) is 15.8. The van der Waals surface area contributed by atoms with Crippen LogP contribution in [0.3, 0.4) is 0 Å². The first-order valence-electron chi connectivity index (χ1n) is 8.11. The highest BCUT2D eigenvalue weighted by molar-refractivity contribution is 5.29. The van der Waals surface area contributed by atoms with E-state index in [-0.39, 0.29) is 0 Å². The highest BCUT2D eigenvalue weighted by atomic mass is 16.5. The van der Waals surface area contributed by atoms with Crippen LogP contribution >= 0.6 is 0 Å². The molecule has 1 aromatic carbocycles.